The van der Waals surface area contributed by atoms with E-state index in [0.29, 0.717) is 12.4 Å². The Morgan fingerprint density at radius 1 is 1.30 bits per heavy atom. The van der Waals surface area contributed by atoms with E-state index in [4.69, 9.17) is 10.5 Å². The van der Waals surface area contributed by atoms with Gasteiger partial charge in [0.1, 0.15) is 12.4 Å². The van der Waals surface area contributed by atoms with Gasteiger partial charge in [0.05, 0.1) is 6.20 Å². The first kappa shape index (κ1) is 14.7. The zero-order chi connectivity index (χ0) is 14.2. The van der Waals surface area contributed by atoms with Crippen molar-refractivity contribution in [3.8, 4) is 5.75 Å². The van der Waals surface area contributed by atoms with Crippen molar-refractivity contribution in [2.24, 2.45) is 5.73 Å². The van der Waals surface area contributed by atoms with Crippen LogP contribution in [0.5, 0.6) is 5.75 Å². The van der Waals surface area contributed by atoms with Gasteiger partial charge in [-0.05, 0) is 24.1 Å². The van der Waals surface area contributed by atoms with Crippen molar-refractivity contribution in [2.45, 2.75) is 24.5 Å². The number of rotatable bonds is 7. The monoisotopic (exact) mass is 290 g/mol. The van der Waals surface area contributed by atoms with E-state index < -0.39 is 0 Å². The summed E-state index contributed by atoms with van der Waals surface area (Å²) in [6.45, 7) is 2.54. The van der Waals surface area contributed by atoms with Crippen molar-refractivity contribution < 1.29 is 4.74 Å². The molecule has 2 N–H and O–H groups in total. The van der Waals surface area contributed by atoms with Gasteiger partial charge in [-0.25, -0.2) is 9.97 Å². The maximum Gasteiger partial charge on any atom is 0.187 e. The van der Waals surface area contributed by atoms with Crippen molar-refractivity contribution in [1.82, 2.24) is 15.0 Å². The second-order valence-electron chi connectivity index (χ2n) is 4.30. The Balaban J connectivity index is 1.75. The Hall–Kier alpha value is -1.66. The van der Waals surface area contributed by atoms with Crippen LogP contribution in [0.25, 0.3) is 0 Å². The SMILES string of the molecule is CCc1cncc(OC[C@@H](N)CSc2ncccn2)c1. The van der Waals surface area contributed by atoms with Crippen LogP contribution in [0.15, 0.2) is 42.1 Å². The molecule has 0 aromatic carbocycles. The number of aryl methyl sites for hydroxylation is 1. The lowest BCUT2D eigenvalue weighted by molar-refractivity contribution is 0.296. The van der Waals surface area contributed by atoms with Crippen LogP contribution in [-0.2, 0) is 6.42 Å². The molecule has 0 amide bonds. The Kier molecular flexibility index (Phi) is 5.76. The molecule has 2 rings (SSSR count). The fourth-order valence-corrected chi connectivity index (χ4v) is 2.26. The summed E-state index contributed by atoms with van der Waals surface area (Å²) in [5.74, 6) is 1.48. The van der Waals surface area contributed by atoms with E-state index in [0.717, 1.165) is 22.9 Å². The maximum absolute atomic E-state index is 6.02. The minimum absolute atomic E-state index is 0.0749. The maximum atomic E-state index is 6.02. The largest absolute Gasteiger partial charge is 0.490 e. The van der Waals surface area contributed by atoms with Crippen LogP contribution in [0, 0.1) is 0 Å². The summed E-state index contributed by atoms with van der Waals surface area (Å²) in [7, 11) is 0. The first-order chi connectivity index (χ1) is 9.78. The van der Waals surface area contributed by atoms with Gasteiger partial charge in [-0.1, -0.05) is 18.7 Å². The van der Waals surface area contributed by atoms with Crippen LogP contribution in [0.2, 0.25) is 0 Å². The third kappa shape index (κ3) is 4.79. The van der Waals surface area contributed by atoms with E-state index in [9.17, 15) is 0 Å². The lowest BCUT2D eigenvalue weighted by atomic mass is 10.2. The molecule has 1 atom stereocenters. The molecule has 6 heteroatoms. The molecule has 0 radical (unpaired) electrons. The van der Waals surface area contributed by atoms with Crippen LogP contribution in [-0.4, -0.2) is 33.4 Å². The van der Waals surface area contributed by atoms with Crippen molar-refractivity contribution in [3.05, 3.63) is 42.5 Å². The van der Waals surface area contributed by atoms with Gasteiger partial charge in [0.15, 0.2) is 5.16 Å². The molecule has 0 fully saturated rings. The number of nitrogens with zero attached hydrogens (tertiary/aromatic N) is 3. The Bertz CT molecular complexity index is 524. The molecule has 0 spiro atoms. The first-order valence-corrected chi connectivity index (χ1v) is 7.48. The van der Waals surface area contributed by atoms with Crippen LogP contribution in [0.4, 0.5) is 0 Å². The van der Waals surface area contributed by atoms with Crippen molar-refractivity contribution >= 4 is 11.8 Å². The summed E-state index contributed by atoms with van der Waals surface area (Å²) in [5.41, 5.74) is 7.17. The highest BCUT2D eigenvalue weighted by molar-refractivity contribution is 7.99. The van der Waals surface area contributed by atoms with Crippen molar-refractivity contribution in [3.63, 3.8) is 0 Å². The van der Waals surface area contributed by atoms with Crippen molar-refractivity contribution in [1.29, 1.82) is 0 Å². The lowest BCUT2D eigenvalue weighted by Crippen LogP contribution is -2.30. The van der Waals surface area contributed by atoms with Crippen LogP contribution >= 0.6 is 11.8 Å². The number of hydrogen-bond acceptors (Lipinski definition) is 6. The molecule has 0 saturated carbocycles. The van der Waals surface area contributed by atoms with Gasteiger partial charge in [0.2, 0.25) is 0 Å². The molecule has 0 aliphatic rings. The van der Waals surface area contributed by atoms with Gasteiger partial charge in [-0.3, -0.25) is 4.98 Å². The summed E-state index contributed by atoms with van der Waals surface area (Å²) >= 11 is 1.53. The number of nitrogens with two attached hydrogens (primary N) is 1. The Labute approximate surface area is 123 Å². The summed E-state index contributed by atoms with van der Waals surface area (Å²) in [6, 6.07) is 3.71. The second kappa shape index (κ2) is 7.81. The smallest absolute Gasteiger partial charge is 0.187 e. The average Bonchev–Trinajstić information content (AvgIpc) is 2.52. The highest BCUT2D eigenvalue weighted by Gasteiger charge is 2.06. The van der Waals surface area contributed by atoms with Crippen LogP contribution in [0.3, 0.4) is 0 Å². The second-order valence-corrected chi connectivity index (χ2v) is 5.28. The molecule has 0 aliphatic heterocycles. The molecular formula is C14H18N4OS. The van der Waals surface area contributed by atoms with Gasteiger partial charge < -0.3 is 10.5 Å². The van der Waals surface area contributed by atoms with Crippen LogP contribution in [0.1, 0.15) is 12.5 Å². The molecule has 20 heavy (non-hydrogen) atoms. The number of thioether (sulfide) groups is 1. The van der Waals surface area contributed by atoms with Gasteiger partial charge in [-0.2, -0.15) is 0 Å². The molecule has 5 nitrogen and oxygen atoms in total. The zero-order valence-electron chi connectivity index (χ0n) is 11.4. The minimum atomic E-state index is -0.0749. The van der Waals surface area contributed by atoms with Crippen LogP contribution < -0.4 is 10.5 Å². The summed E-state index contributed by atoms with van der Waals surface area (Å²) in [5, 5.41) is 0.734. The Morgan fingerprint density at radius 2 is 2.10 bits per heavy atom. The molecular weight excluding hydrogens is 272 g/mol. The van der Waals surface area contributed by atoms with Gasteiger partial charge in [-0.15, -0.1) is 0 Å². The van der Waals surface area contributed by atoms with E-state index in [1.165, 1.54) is 11.8 Å². The fourth-order valence-electron chi connectivity index (χ4n) is 1.53. The highest BCUT2D eigenvalue weighted by atomic mass is 32.2. The minimum Gasteiger partial charge on any atom is -0.490 e. The van der Waals surface area contributed by atoms with Gasteiger partial charge >= 0.3 is 0 Å². The lowest BCUT2D eigenvalue weighted by Gasteiger charge is -2.12. The summed E-state index contributed by atoms with van der Waals surface area (Å²) < 4.78 is 5.66. The molecule has 2 heterocycles. The molecule has 0 aliphatic carbocycles. The van der Waals surface area contributed by atoms with Gasteiger partial charge in [0, 0.05) is 30.4 Å². The van der Waals surface area contributed by atoms with E-state index >= 15 is 0 Å². The Morgan fingerprint density at radius 3 is 2.85 bits per heavy atom. The predicted octanol–water partition coefficient (Wildman–Crippen LogP) is 1.93. The number of ether oxygens (including phenoxy) is 1. The molecule has 0 bridgehead atoms. The third-order valence-corrected chi connectivity index (χ3v) is 3.67. The van der Waals surface area contributed by atoms with E-state index in [-0.39, 0.29) is 6.04 Å². The quantitative estimate of drug-likeness (QED) is 0.620. The number of aromatic nitrogens is 3. The van der Waals surface area contributed by atoms with E-state index in [1.807, 2.05) is 12.3 Å². The third-order valence-electron chi connectivity index (χ3n) is 2.61. The average molecular weight is 290 g/mol. The zero-order valence-corrected chi connectivity index (χ0v) is 12.2. The summed E-state index contributed by atoms with van der Waals surface area (Å²) in [4.78, 5) is 12.4. The predicted molar refractivity (Wildman–Crippen MR) is 79.8 cm³/mol. The van der Waals surface area contributed by atoms with Crippen molar-refractivity contribution in [2.75, 3.05) is 12.4 Å². The number of hydrogen-bond donors (Lipinski definition) is 1. The molecule has 2 aromatic rings. The molecule has 2 aromatic heterocycles. The molecule has 106 valence electrons. The first-order valence-electron chi connectivity index (χ1n) is 6.50. The molecule has 0 unspecified atom stereocenters. The normalized spacial score (nSPS) is 12.1. The van der Waals surface area contributed by atoms with E-state index in [1.54, 1.807) is 24.7 Å². The van der Waals surface area contributed by atoms with Gasteiger partial charge in [0.25, 0.3) is 0 Å². The number of pyridine rings is 1. The molecule has 0 saturated heterocycles. The fraction of sp³-hybridized carbons (Fsp3) is 0.357. The summed E-state index contributed by atoms with van der Waals surface area (Å²) in [6.07, 6.45) is 7.94. The standard InChI is InChI=1S/C14H18N4OS/c1-2-11-6-13(8-16-7-11)19-9-12(15)10-20-14-17-4-3-5-18-14/h3-8,12H,2,9-10,15H2,1H3/t12-/m1/s1. The van der Waals surface area contributed by atoms with E-state index in [2.05, 4.69) is 21.9 Å². The topological polar surface area (TPSA) is 73.9 Å². The highest BCUT2D eigenvalue weighted by Crippen LogP contribution is 2.14.